The molecule has 0 aromatic carbocycles. The van der Waals surface area contributed by atoms with Crippen molar-refractivity contribution in [1.82, 2.24) is 24.4 Å². The normalized spacial score (nSPS) is 11.1. The number of anilines is 1. The third-order valence-electron chi connectivity index (χ3n) is 3.11. The molecule has 3 heterocycles. The smallest absolute Gasteiger partial charge is 0.243 e. The van der Waals surface area contributed by atoms with Crippen LogP contribution in [0.5, 0.6) is 0 Å². The average molecular weight is 256 g/mol. The van der Waals surface area contributed by atoms with Crippen LogP contribution < -0.4 is 5.32 Å². The number of hydrogen-bond donors (Lipinski definition) is 1. The van der Waals surface area contributed by atoms with Gasteiger partial charge in [0.1, 0.15) is 0 Å². The van der Waals surface area contributed by atoms with Crippen LogP contribution >= 0.6 is 0 Å². The quantitative estimate of drug-likeness (QED) is 0.774. The van der Waals surface area contributed by atoms with Crippen molar-refractivity contribution in [3.8, 4) is 0 Å². The first-order valence-electron chi connectivity index (χ1n) is 6.18. The first-order chi connectivity index (χ1) is 9.13. The van der Waals surface area contributed by atoms with Crippen molar-refractivity contribution >= 4 is 11.6 Å². The molecule has 0 bridgehead atoms. The Bertz CT molecular complexity index is 724. The molecule has 0 unspecified atom stereocenters. The molecule has 6 nitrogen and oxygen atoms in total. The van der Waals surface area contributed by atoms with Gasteiger partial charge in [-0.2, -0.15) is 10.1 Å². The summed E-state index contributed by atoms with van der Waals surface area (Å²) in [7, 11) is 1.92. The molecule has 0 saturated heterocycles. The maximum absolute atomic E-state index is 4.48. The fourth-order valence-electron chi connectivity index (χ4n) is 2.11. The zero-order chi connectivity index (χ0) is 13.4. The zero-order valence-corrected chi connectivity index (χ0v) is 11.3. The molecule has 0 aliphatic rings. The second kappa shape index (κ2) is 4.38. The maximum atomic E-state index is 4.48. The van der Waals surface area contributed by atoms with E-state index < -0.39 is 0 Å². The van der Waals surface area contributed by atoms with Crippen molar-refractivity contribution in [3.05, 3.63) is 41.3 Å². The molecule has 0 amide bonds. The minimum atomic E-state index is 0.637. The molecule has 3 aromatic rings. The van der Waals surface area contributed by atoms with Gasteiger partial charge in [-0.1, -0.05) is 6.07 Å². The lowest BCUT2D eigenvalue weighted by molar-refractivity contribution is 0.756. The van der Waals surface area contributed by atoms with Crippen LogP contribution in [-0.4, -0.2) is 24.4 Å². The van der Waals surface area contributed by atoms with Crippen LogP contribution in [0.1, 0.15) is 16.8 Å². The Kier molecular flexibility index (Phi) is 2.70. The standard InChI is InChI=1S/C13H16N6/c1-9-5-4-6-19-12(9)15-13(17-19)14-7-11-8-18(3)16-10(11)2/h4-6,8H,7H2,1-3H3,(H,14,17). The summed E-state index contributed by atoms with van der Waals surface area (Å²) in [6, 6.07) is 3.99. The van der Waals surface area contributed by atoms with Crippen molar-refractivity contribution in [2.75, 3.05) is 5.32 Å². The molecule has 0 aliphatic heterocycles. The van der Waals surface area contributed by atoms with E-state index in [-0.39, 0.29) is 0 Å². The summed E-state index contributed by atoms with van der Waals surface area (Å²) in [6.45, 7) is 4.70. The van der Waals surface area contributed by atoms with Gasteiger partial charge in [0.15, 0.2) is 5.65 Å². The van der Waals surface area contributed by atoms with Gasteiger partial charge in [-0.05, 0) is 25.5 Å². The minimum Gasteiger partial charge on any atom is -0.349 e. The number of aryl methyl sites for hydroxylation is 3. The summed E-state index contributed by atoms with van der Waals surface area (Å²) < 4.78 is 3.60. The third kappa shape index (κ3) is 2.16. The lowest BCUT2D eigenvalue weighted by Crippen LogP contribution is -2.01. The molecule has 0 saturated carbocycles. The predicted octanol–water partition coefficient (Wildman–Crippen LogP) is 1.69. The lowest BCUT2D eigenvalue weighted by Gasteiger charge is -1.98. The molecule has 0 radical (unpaired) electrons. The number of hydrogen-bond acceptors (Lipinski definition) is 4. The van der Waals surface area contributed by atoms with Crippen LogP contribution in [0.4, 0.5) is 5.95 Å². The van der Waals surface area contributed by atoms with Gasteiger partial charge in [0.25, 0.3) is 0 Å². The van der Waals surface area contributed by atoms with Gasteiger partial charge in [0.05, 0.1) is 5.69 Å². The van der Waals surface area contributed by atoms with Crippen LogP contribution in [0.3, 0.4) is 0 Å². The Balaban J connectivity index is 1.82. The SMILES string of the molecule is Cc1nn(C)cc1CNc1nc2c(C)cccn2n1. The number of pyridine rings is 1. The summed E-state index contributed by atoms with van der Waals surface area (Å²) in [5.74, 6) is 0.637. The van der Waals surface area contributed by atoms with Crippen LogP contribution in [-0.2, 0) is 13.6 Å². The molecule has 98 valence electrons. The molecular weight excluding hydrogens is 240 g/mol. The fraction of sp³-hybridized carbons (Fsp3) is 0.308. The Morgan fingerprint density at radius 1 is 1.26 bits per heavy atom. The van der Waals surface area contributed by atoms with Gasteiger partial charge in [-0.3, -0.25) is 4.68 Å². The van der Waals surface area contributed by atoms with Crippen molar-refractivity contribution < 1.29 is 0 Å². The highest BCUT2D eigenvalue weighted by atomic mass is 15.3. The molecule has 0 fully saturated rings. The Labute approximate surface area is 111 Å². The van der Waals surface area contributed by atoms with E-state index in [1.54, 1.807) is 4.52 Å². The van der Waals surface area contributed by atoms with E-state index in [0.717, 1.165) is 22.5 Å². The number of nitrogens with zero attached hydrogens (tertiary/aromatic N) is 5. The molecule has 6 heteroatoms. The first kappa shape index (κ1) is 11.7. The lowest BCUT2D eigenvalue weighted by atomic mass is 10.3. The van der Waals surface area contributed by atoms with E-state index in [9.17, 15) is 0 Å². The number of nitrogens with one attached hydrogen (secondary N) is 1. The monoisotopic (exact) mass is 256 g/mol. The van der Waals surface area contributed by atoms with Gasteiger partial charge in [-0.15, -0.1) is 5.10 Å². The average Bonchev–Trinajstić information content (AvgIpc) is 2.91. The van der Waals surface area contributed by atoms with E-state index >= 15 is 0 Å². The molecule has 0 spiro atoms. The van der Waals surface area contributed by atoms with Crippen LogP contribution in [0.2, 0.25) is 0 Å². The molecule has 3 aromatic heterocycles. The summed E-state index contributed by atoms with van der Waals surface area (Å²) in [6.07, 6.45) is 3.90. The second-order valence-corrected chi connectivity index (χ2v) is 4.66. The van der Waals surface area contributed by atoms with E-state index in [2.05, 4.69) is 20.5 Å². The van der Waals surface area contributed by atoms with Crippen molar-refractivity contribution in [3.63, 3.8) is 0 Å². The van der Waals surface area contributed by atoms with Crippen LogP contribution in [0.15, 0.2) is 24.5 Å². The van der Waals surface area contributed by atoms with Gasteiger partial charge in [0, 0.05) is 31.5 Å². The molecule has 1 N–H and O–H groups in total. The van der Waals surface area contributed by atoms with E-state index in [0.29, 0.717) is 12.5 Å². The Morgan fingerprint density at radius 3 is 2.79 bits per heavy atom. The molecule has 19 heavy (non-hydrogen) atoms. The van der Waals surface area contributed by atoms with Crippen molar-refractivity contribution in [2.45, 2.75) is 20.4 Å². The number of rotatable bonds is 3. The van der Waals surface area contributed by atoms with Gasteiger partial charge in [-0.25, -0.2) is 4.52 Å². The zero-order valence-electron chi connectivity index (χ0n) is 11.3. The Hall–Kier alpha value is -2.37. The molecule has 0 aliphatic carbocycles. The van der Waals surface area contributed by atoms with Gasteiger partial charge < -0.3 is 5.32 Å². The summed E-state index contributed by atoms with van der Waals surface area (Å²) in [4.78, 5) is 4.48. The molecule has 3 rings (SSSR count). The molecular formula is C13H16N6. The fourth-order valence-corrected chi connectivity index (χ4v) is 2.11. The first-order valence-corrected chi connectivity index (χ1v) is 6.18. The summed E-state index contributed by atoms with van der Waals surface area (Å²) >= 11 is 0. The highest BCUT2D eigenvalue weighted by Crippen LogP contribution is 2.11. The molecule has 0 atom stereocenters. The van der Waals surface area contributed by atoms with Crippen LogP contribution in [0, 0.1) is 13.8 Å². The second-order valence-electron chi connectivity index (χ2n) is 4.66. The number of aromatic nitrogens is 5. The van der Waals surface area contributed by atoms with Gasteiger partial charge >= 0.3 is 0 Å². The van der Waals surface area contributed by atoms with Crippen molar-refractivity contribution in [1.29, 1.82) is 0 Å². The van der Waals surface area contributed by atoms with E-state index in [1.165, 1.54) is 0 Å². The minimum absolute atomic E-state index is 0.637. The maximum Gasteiger partial charge on any atom is 0.243 e. The van der Waals surface area contributed by atoms with E-state index in [4.69, 9.17) is 0 Å². The predicted molar refractivity (Wildman–Crippen MR) is 73.0 cm³/mol. The highest BCUT2D eigenvalue weighted by molar-refractivity contribution is 5.49. The summed E-state index contributed by atoms with van der Waals surface area (Å²) in [5, 5.41) is 11.9. The third-order valence-corrected chi connectivity index (χ3v) is 3.11. The van der Waals surface area contributed by atoms with Crippen molar-refractivity contribution in [2.24, 2.45) is 7.05 Å². The van der Waals surface area contributed by atoms with E-state index in [1.807, 2.05) is 50.1 Å². The largest absolute Gasteiger partial charge is 0.349 e. The van der Waals surface area contributed by atoms with Gasteiger partial charge in [0.2, 0.25) is 5.95 Å². The topological polar surface area (TPSA) is 60.0 Å². The highest BCUT2D eigenvalue weighted by Gasteiger charge is 2.07. The number of fused-ring (bicyclic) bond motifs is 1. The Morgan fingerprint density at radius 2 is 2.11 bits per heavy atom. The summed E-state index contributed by atoms with van der Waals surface area (Å²) in [5.41, 5.74) is 4.17. The van der Waals surface area contributed by atoms with Crippen LogP contribution in [0.25, 0.3) is 5.65 Å².